The first-order valence-electron chi connectivity index (χ1n) is 17.2. The fourth-order valence-corrected chi connectivity index (χ4v) is 8.56. The Labute approximate surface area is 285 Å². The van der Waals surface area contributed by atoms with E-state index < -0.39 is 0 Å². The molecule has 2 fully saturated rings. The van der Waals surface area contributed by atoms with Crippen LogP contribution in [-0.2, 0) is 35.3 Å². The Morgan fingerprint density at radius 3 is 2.27 bits per heavy atom. The van der Waals surface area contributed by atoms with Gasteiger partial charge in [-0.3, -0.25) is 24.3 Å². The molecule has 48 heavy (non-hydrogen) atoms. The molecule has 3 aliphatic rings. The fourth-order valence-electron chi connectivity index (χ4n) is 7.28. The van der Waals surface area contributed by atoms with E-state index in [1.165, 1.54) is 34.6 Å². The van der Waals surface area contributed by atoms with E-state index in [-0.39, 0.29) is 17.9 Å². The van der Waals surface area contributed by atoms with Gasteiger partial charge >= 0.3 is 0 Å². The summed E-state index contributed by atoms with van der Waals surface area (Å²) < 4.78 is 5.23. The fraction of sp³-hybridized carbons (Fsp3) is 0.385. The van der Waals surface area contributed by atoms with Gasteiger partial charge in [0.25, 0.3) is 18.3 Å². The number of anilines is 2. The minimum absolute atomic E-state index is 0.0327. The second-order valence-corrected chi connectivity index (χ2v) is 14.4. The summed E-state index contributed by atoms with van der Waals surface area (Å²) in [5.41, 5.74) is 6.42. The maximum Gasteiger partial charge on any atom is 0.293 e. The van der Waals surface area contributed by atoms with Crippen molar-refractivity contribution in [1.82, 2.24) is 9.88 Å². The van der Waals surface area contributed by atoms with Crippen LogP contribution in [0, 0.1) is 0 Å². The van der Waals surface area contributed by atoms with E-state index in [9.17, 15) is 14.4 Å². The van der Waals surface area contributed by atoms with E-state index in [1.54, 1.807) is 12.4 Å². The van der Waals surface area contributed by atoms with Gasteiger partial charge in [0.05, 0.1) is 5.56 Å². The molecule has 4 aromatic rings. The number of rotatable bonds is 12. The highest BCUT2D eigenvalue weighted by atomic mass is 32.1. The molecule has 0 aliphatic heterocycles. The van der Waals surface area contributed by atoms with Crippen LogP contribution in [0.4, 0.5) is 10.7 Å². The van der Waals surface area contributed by atoms with Gasteiger partial charge < -0.3 is 15.4 Å². The van der Waals surface area contributed by atoms with Crippen molar-refractivity contribution in [2.45, 2.75) is 95.4 Å². The number of carbonyl (C=O) groups excluding carboxylic acids is 3. The van der Waals surface area contributed by atoms with Crippen molar-refractivity contribution in [3.8, 4) is 0 Å². The number of thiophene rings is 1. The highest BCUT2D eigenvalue weighted by Crippen LogP contribution is 2.39. The Bertz CT molecular complexity index is 1740. The molecule has 2 N–H and O–H groups in total. The van der Waals surface area contributed by atoms with Gasteiger partial charge in [-0.05, 0) is 129 Å². The third-order valence-electron chi connectivity index (χ3n) is 9.93. The number of nitrogens with zero attached hydrogens (tertiary/aromatic N) is 2. The summed E-state index contributed by atoms with van der Waals surface area (Å²) in [6, 6.07) is 20.9. The summed E-state index contributed by atoms with van der Waals surface area (Å²) in [6.07, 6.45) is 14.5. The third kappa shape index (κ3) is 7.69. The maximum absolute atomic E-state index is 13.8. The number of carbonyl (C=O) groups is 3. The molecule has 2 amide bonds. The van der Waals surface area contributed by atoms with Gasteiger partial charge in [-0.1, -0.05) is 24.3 Å². The van der Waals surface area contributed by atoms with Crippen LogP contribution in [0.3, 0.4) is 0 Å². The summed E-state index contributed by atoms with van der Waals surface area (Å²) in [5, 5.41) is 6.87. The molecular formula is C39H42N4O4S. The molecule has 0 bridgehead atoms. The first-order chi connectivity index (χ1) is 23.5. The monoisotopic (exact) mass is 662 g/mol. The Morgan fingerprint density at radius 2 is 1.54 bits per heavy atom. The number of hydrogen-bond acceptors (Lipinski definition) is 7. The molecule has 248 valence electrons. The Balaban J connectivity index is 1.04. The van der Waals surface area contributed by atoms with Gasteiger partial charge in [0.15, 0.2) is 0 Å². The van der Waals surface area contributed by atoms with Gasteiger partial charge in [0.1, 0.15) is 11.1 Å². The molecule has 3 aliphatic carbocycles. The van der Waals surface area contributed by atoms with Gasteiger partial charge in [0, 0.05) is 47.2 Å². The number of nitrogens with one attached hydrogen (secondary N) is 2. The van der Waals surface area contributed by atoms with E-state index in [0.717, 1.165) is 86.7 Å². The minimum atomic E-state index is -0.200. The van der Waals surface area contributed by atoms with Crippen LogP contribution < -0.4 is 10.6 Å². The molecule has 0 saturated heterocycles. The van der Waals surface area contributed by atoms with Crippen LogP contribution in [0.5, 0.6) is 0 Å². The predicted molar refractivity (Wildman–Crippen MR) is 189 cm³/mol. The largest absolute Gasteiger partial charge is 0.465 e. The second kappa shape index (κ2) is 14.8. The van der Waals surface area contributed by atoms with E-state index in [1.807, 2.05) is 54.6 Å². The highest BCUT2D eigenvalue weighted by Gasteiger charge is 2.36. The molecular weight excluding hydrogens is 621 g/mol. The molecule has 0 unspecified atom stereocenters. The number of benzene rings is 2. The Hall–Kier alpha value is -4.34. The van der Waals surface area contributed by atoms with E-state index >= 15 is 0 Å². The first kappa shape index (κ1) is 32.2. The quantitative estimate of drug-likeness (QED) is 0.152. The standard InChI is InChI=1S/C39H42N4O4S/c44-25-47-33-16-14-32(15-17-33)43(31-12-13-31)24-28-4-3-5-29(23-28)37(45)42-39-36(34-6-1-2-7-35(34)48-39)38(46)41-30-10-8-26(9-11-30)22-27-18-20-40-21-19-27/h3-5,8-11,18-21,23,25,31-33H,1-2,6-7,12-17,22,24H2,(H,41,46)(H,42,45). The number of pyridine rings is 1. The lowest BCUT2D eigenvalue weighted by atomic mass is 9.91. The number of hydrogen-bond donors (Lipinski definition) is 2. The molecule has 2 saturated carbocycles. The van der Waals surface area contributed by atoms with Crippen molar-refractivity contribution in [3.63, 3.8) is 0 Å². The highest BCUT2D eigenvalue weighted by molar-refractivity contribution is 7.17. The van der Waals surface area contributed by atoms with Crippen molar-refractivity contribution < 1.29 is 19.1 Å². The molecule has 9 heteroatoms. The topological polar surface area (TPSA) is 101 Å². The normalized spacial score (nSPS) is 18.9. The zero-order chi connectivity index (χ0) is 32.9. The van der Waals surface area contributed by atoms with Crippen molar-refractivity contribution >= 4 is 40.3 Å². The lowest BCUT2D eigenvalue weighted by molar-refractivity contribution is -0.135. The van der Waals surface area contributed by atoms with Gasteiger partial charge in [0.2, 0.25) is 0 Å². The third-order valence-corrected chi connectivity index (χ3v) is 11.1. The van der Waals surface area contributed by atoms with Gasteiger partial charge in [-0.15, -0.1) is 11.3 Å². The molecule has 0 spiro atoms. The maximum atomic E-state index is 13.8. The molecule has 0 radical (unpaired) electrons. The van der Waals surface area contributed by atoms with Crippen LogP contribution in [-0.4, -0.2) is 46.4 Å². The summed E-state index contributed by atoms with van der Waals surface area (Å²) in [6.45, 7) is 1.36. The number of amides is 2. The number of aryl methyl sites for hydroxylation is 1. The van der Waals surface area contributed by atoms with Crippen LogP contribution in [0.15, 0.2) is 73.1 Å². The molecule has 2 heterocycles. The van der Waals surface area contributed by atoms with Crippen molar-refractivity contribution in [1.29, 1.82) is 0 Å². The lowest BCUT2D eigenvalue weighted by Gasteiger charge is -2.36. The first-order valence-corrected chi connectivity index (χ1v) is 18.0. The zero-order valence-corrected chi connectivity index (χ0v) is 28.0. The zero-order valence-electron chi connectivity index (χ0n) is 27.2. The number of aromatic nitrogens is 1. The second-order valence-electron chi connectivity index (χ2n) is 13.3. The van der Waals surface area contributed by atoms with E-state index in [2.05, 4.69) is 26.6 Å². The number of fused-ring (bicyclic) bond motifs is 1. The summed E-state index contributed by atoms with van der Waals surface area (Å²) in [4.78, 5) is 46.2. The van der Waals surface area contributed by atoms with Crippen LogP contribution >= 0.6 is 11.3 Å². The molecule has 8 nitrogen and oxygen atoms in total. The van der Waals surface area contributed by atoms with Crippen molar-refractivity contribution in [2.75, 3.05) is 10.6 Å². The van der Waals surface area contributed by atoms with Gasteiger partial charge in [-0.2, -0.15) is 0 Å². The molecule has 0 atom stereocenters. The smallest absolute Gasteiger partial charge is 0.293 e. The summed E-state index contributed by atoms with van der Waals surface area (Å²) in [5.74, 6) is -0.386. The van der Waals surface area contributed by atoms with Crippen molar-refractivity contribution in [2.24, 2.45) is 0 Å². The van der Waals surface area contributed by atoms with Crippen LogP contribution in [0.2, 0.25) is 0 Å². The van der Waals surface area contributed by atoms with Crippen LogP contribution in [0.1, 0.15) is 99.2 Å². The Morgan fingerprint density at radius 1 is 0.833 bits per heavy atom. The number of ether oxygens (including phenoxy) is 1. The average molecular weight is 663 g/mol. The van der Waals surface area contributed by atoms with E-state index in [0.29, 0.717) is 34.7 Å². The van der Waals surface area contributed by atoms with Crippen molar-refractivity contribution in [3.05, 3.63) is 111 Å². The van der Waals surface area contributed by atoms with Crippen LogP contribution in [0.25, 0.3) is 0 Å². The summed E-state index contributed by atoms with van der Waals surface area (Å²) >= 11 is 1.54. The SMILES string of the molecule is O=COC1CCC(N(Cc2cccc(C(=O)Nc3sc4c(c3C(=O)Nc3ccc(Cc5ccncc5)cc3)CCCC4)c2)C2CC2)CC1. The van der Waals surface area contributed by atoms with Gasteiger partial charge in [-0.25, -0.2) is 0 Å². The molecule has 2 aromatic heterocycles. The minimum Gasteiger partial charge on any atom is -0.465 e. The molecule has 2 aromatic carbocycles. The predicted octanol–water partition coefficient (Wildman–Crippen LogP) is 7.57. The molecule has 7 rings (SSSR count). The van der Waals surface area contributed by atoms with E-state index in [4.69, 9.17) is 4.74 Å². The summed E-state index contributed by atoms with van der Waals surface area (Å²) in [7, 11) is 0. The Kier molecular flexibility index (Phi) is 9.95. The lowest BCUT2D eigenvalue weighted by Crippen LogP contribution is -2.40. The average Bonchev–Trinajstić information content (AvgIpc) is 3.89.